The summed E-state index contributed by atoms with van der Waals surface area (Å²) in [6, 6.07) is 13.6. The van der Waals surface area contributed by atoms with Gasteiger partial charge in [-0.3, -0.25) is 4.79 Å². The monoisotopic (exact) mass is 565 g/mol. The Morgan fingerprint density at radius 1 is 1.25 bits per heavy atom. The van der Waals surface area contributed by atoms with Gasteiger partial charge in [0.25, 0.3) is 5.91 Å². The highest BCUT2D eigenvalue weighted by molar-refractivity contribution is 9.10. The van der Waals surface area contributed by atoms with Crippen molar-refractivity contribution in [3.8, 4) is 23.6 Å². The van der Waals surface area contributed by atoms with Crippen LogP contribution in [0.25, 0.3) is 6.08 Å². The first-order chi connectivity index (χ1) is 17.4. The van der Waals surface area contributed by atoms with Gasteiger partial charge < -0.3 is 14.8 Å². The van der Waals surface area contributed by atoms with Gasteiger partial charge in [0.2, 0.25) is 0 Å². The normalized spacial score (nSPS) is 12.8. The van der Waals surface area contributed by atoms with E-state index in [-0.39, 0.29) is 18.0 Å². The van der Waals surface area contributed by atoms with Gasteiger partial charge in [0.05, 0.1) is 17.1 Å². The third-order valence-corrected chi connectivity index (χ3v) is 7.51. The molecule has 0 saturated carbocycles. The van der Waals surface area contributed by atoms with E-state index in [0.29, 0.717) is 37.7 Å². The molecular formula is C27H21BrFN3O3S. The van der Waals surface area contributed by atoms with Gasteiger partial charge in [-0.1, -0.05) is 12.1 Å². The van der Waals surface area contributed by atoms with Gasteiger partial charge in [-0.05, 0) is 88.6 Å². The number of halogens is 2. The molecule has 1 heterocycles. The molecule has 1 amide bonds. The predicted octanol–water partition coefficient (Wildman–Crippen LogP) is 6.53. The SMILES string of the molecule is COc1cc(/C=C(\C#N)C(=O)Nc2sc3c(c2C#N)CCCC3)cc(Br)c1OCc1cccc(F)c1. The van der Waals surface area contributed by atoms with Gasteiger partial charge in [-0.15, -0.1) is 11.3 Å². The number of benzene rings is 2. The van der Waals surface area contributed by atoms with Crippen molar-refractivity contribution in [2.75, 3.05) is 12.4 Å². The molecule has 1 aliphatic rings. The van der Waals surface area contributed by atoms with Gasteiger partial charge in [-0.2, -0.15) is 10.5 Å². The van der Waals surface area contributed by atoms with Crippen LogP contribution in [0.5, 0.6) is 11.5 Å². The van der Waals surface area contributed by atoms with Crippen LogP contribution in [0.15, 0.2) is 46.4 Å². The lowest BCUT2D eigenvalue weighted by Crippen LogP contribution is -2.13. The molecule has 0 fully saturated rings. The third kappa shape index (κ3) is 5.59. The largest absolute Gasteiger partial charge is 0.493 e. The topological polar surface area (TPSA) is 95.1 Å². The average Bonchev–Trinajstić information content (AvgIpc) is 3.23. The highest BCUT2D eigenvalue weighted by atomic mass is 79.9. The van der Waals surface area contributed by atoms with Crippen LogP contribution in [0.4, 0.5) is 9.39 Å². The predicted molar refractivity (Wildman–Crippen MR) is 139 cm³/mol. The van der Waals surface area contributed by atoms with E-state index in [4.69, 9.17) is 9.47 Å². The molecule has 6 nitrogen and oxygen atoms in total. The number of carbonyl (C=O) groups excluding carboxylic acids is 1. The van der Waals surface area contributed by atoms with Crippen molar-refractivity contribution in [3.63, 3.8) is 0 Å². The number of rotatable bonds is 7. The fraction of sp³-hybridized carbons (Fsp3) is 0.222. The number of nitriles is 2. The average molecular weight is 566 g/mol. The van der Waals surface area contributed by atoms with Crippen molar-refractivity contribution < 1.29 is 18.7 Å². The molecule has 0 saturated heterocycles. The maximum absolute atomic E-state index is 13.5. The summed E-state index contributed by atoms with van der Waals surface area (Å²) < 4.78 is 25.3. The van der Waals surface area contributed by atoms with E-state index in [1.165, 1.54) is 36.7 Å². The van der Waals surface area contributed by atoms with Gasteiger partial charge in [-0.25, -0.2) is 4.39 Å². The Morgan fingerprint density at radius 2 is 2.06 bits per heavy atom. The number of anilines is 1. The molecular weight excluding hydrogens is 545 g/mol. The summed E-state index contributed by atoms with van der Waals surface area (Å²) in [6.07, 6.45) is 5.25. The summed E-state index contributed by atoms with van der Waals surface area (Å²) in [5, 5.41) is 22.5. The van der Waals surface area contributed by atoms with Gasteiger partial charge >= 0.3 is 0 Å². The number of thiophene rings is 1. The molecule has 3 aromatic rings. The van der Waals surface area contributed by atoms with Crippen LogP contribution < -0.4 is 14.8 Å². The molecule has 0 radical (unpaired) electrons. The number of aryl methyl sites for hydroxylation is 1. The molecule has 0 unspecified atom stereocenters. The van der Waals surface area contributed by atoms with Crippen molar-refractivity contribution in [2.24, 2.45) is 0 Å². The van der Waals surface area contributed by atoms with E-state index in [0.717, 1.165) is 36.1 Å². The van der Waals surface area contributed by atoms with Crippen molar-refractivity contribution in [1.29, 1.82) is 10.5 Å². The minimum absolute atomic E-state index is 0.118. The van der Waals surface area contributed by atoms with Crippen LogP contribution in [0.2, 0.25) is 0 Å². The third-order valence-electron chi connectivity index (χ3n) is 5.71. The number of hydrogen-bond donors (Lipinski definition) is 1. The minimum atomic E-state index is -0.589. The highest BCUT2D eigenvalue weighted by Crippen LogP contribution is 2.39. The summed E-state index contributed by atoms with van der Waals surface area (Å²) in [5.41, 5.74) is 2.57. The van der Waals surface area contributed by atoms with Crippen molar-refractivity contribution in [2.45, 2.75) is 32.3 Å². The highest BCUT2D eigenvalue weighted by Gasteiger charge is 2.23. The summed E-state index contributed by atoms with van der Waals surface area (Å²) in [4.78, 5) is 14.0. The van der Waals surface area contributed by atoms with Crippen molar-refractivity contribution in [3.05, 3.63) is 79.4 Å². The Morgan fingerprint density at radius 3 is 2.78 bits per heavy atom. The minimum Gasteiger partial charge on any atom is -0.493 e. The van der Waals surface area contributed by atoms with Gasteiger partial charge in [0, 0.05) is 4.88 Å². The van der Waals surface area contributed by atoms with E-state index in [1.54, 1.807) is 24.3 Å². The molecule has 4 rings (SSSR count). The molecule has 182 valence electrons. The Labute approximate surface area is 220 Å². The molecule has 0 spiro atoms. The quantitative estimate of drug-likeness (QED) is 0.259. The Kier molecular flexibility index (Phi) is 8.04. The summed E-state index contributed by atoms with van der Waals surface area (Å²) in [5.74, 6) is -0.157. The molecule has 0 aliphatic heterocycles. The summed E-state index contributed by atoms with van der Waals surface area (Å²) >= 11 is 4.86. The second-order valence-electron chi connectivity index (χ2n) is 8.10. The number of carbonyl (C=O) groups is 1. The van der Waals surface area contributed by atoms with Crippen molar-refractivity contribution in [1.82, 2.24) is 0 Å². The van der Waals surface area contributed by atoms with Gasteiger partial charge in [0.1, 0.15) is 35.1 Å². The molecule has 0 bridgehead atoms. The molecule has 1 aromatic heterocycles. The van der Waals surface area contributed by atoms with Crippen LogP contribution in [-0.4, -0.2) is 13.0 Å². The number of hydrogen-bond acceptors (Lipinski definition) is 6. The van der Waals surface area contributed by atoms with Crippen LogP contribution >= 0.6 is 27.3 Å². The standard InChI is InChI=1S/C27H21BrFN3O3S/c1-34-23-12-17(11-22(28)25(23)35-15-16-5-4-6-19(29)10-16)9-18(13-30)26(33)32-27-21(14-31)20-7-2-3-8-24(20)36-27/h4-6,9-12H,2-3,7-8,15H2,1H3,(H,32,33)/b18-9+. The van der Waals surface area contributed by atoms with Crippen LogP contribution in [-0.2, 0) is 24.2 Å². The van der Waals surface area contributed by atoms with Crippen LogP contribution in [0.1, 0.15) is 40.0 Å². The first-order valence-electron chi connectivity index (χ1n) is 11.2. The molecule has 2 aromatic carbocycles. The lowest BCUT2D eigenvalue weighted by molar-refractivity contribution is -0.112. The maximum atomic E-state index is 13.5. The van der Waals surface area contributed by atoms with Gasteiger partial charge in [0.15, 0.2) is 11.5 Å². The van der Waals surface area contributed by atoms with E-state index in [1.807, 2.05) is 6.07 Å². The lowest BCUT2D eigenvalue weighted by Gasteiger charge is -2.14. The molecule has 1 N–H and O–H groups in total. The molecule has 9 heteroatoms. The zero-order chi connectivity index (χ0) is 25.7. The Bertz CT molecular complexity index is 1440. The lowest BCUT2D eigenvalue weighted by atomic mass is 9.96. The zero-order valence-electron chi connectivity index (χ0n) is 19.4. The molecule has 1 aliphatic carbocycles. The molecule has 0 atom stereocenters. The smallest absolute Gasteiger partial charge is 0.266 e. The summed E-state index contributed by atoms with van der Waals surface area (Å²) in [7, 11) is 1.48. The number of nitrogens with one attached hydrogen (secondary N) is 1. The first-order valence-corrected chi connectivity index (χ1v) is 12.8. The number of ether oxygens (including phenoxy) is 2. The van der Waals surface area contributed by atoms with E-state index < -0.39 is 5.91 Å². The van der Waals surface area contributed by atoms with E-state index in [9.17, 15) is 19.7 Å². The van der Waals surface area contributed by atoms with Crippen LogP contribution in [0.3, 0.4) is 0 Å². The fourth-order valence-electron chi connectivity index (χ4n) is 4.00. The Balaban J connectivity index is 1.56. The number of fused-ring (bicyclic) bond motifs is 1. The first kappa shape index (κ1) is 25.4. The maximum Gasteiger partial charge on any atom is 0.266 e. The number of nitrogens with zero attached hydrogens (tertiary/aromatic N) is 2. The number of amides is 1. The zero-order valence-corrected chi connectivity index (χ0v) is 21.8. The van der Waals surface area contributed by atoms with Crippen LogP contribution in [0, 0.1) is 28.5 Å². The number of methoxy groups -OCH3 is 1. The fourth-order valence-corrected chi connectivity index (χ4v) is 5.81. The van der Waals surface area contributed by atoms with E-state index >= 15 is 0 Å². The Hall–Kier alpha value is -3.66. The van der Waals surface area contributed by atoms with E-state index in [2.05, 4.69) is 27.3 Å². The molecule has 36 heavy (non-hydrogen) atoms. The second-order valence-corrected chi connectivity index (χ2v) is 10.1. The van der Waals surface area contributed by atoms with Crippen molar-refractivity contribution >= 4 is 44.3 Å². The summed E-state index contributed by atoms with van der Waals surface area (Å²) in [6.45, 7) is 0.125. The second kappa shape index (κ2) is 11.4.